The molecule has 9 nitrogen and oxygen atoms in total. The van der Waals surface area contributed by atoms with E-state index < -0.39 is 24.3 Å². The van der Waals surface area contributed by atoms with Crippen LogP contribution < -0.4 is 5.11 Å². The molecule has 0 heterocycles. The van der Waals surface area contributed by atoms with E-state index in [1.807, 2.05) is 21.1 Å². The minimum atomic E-state index is -1.62. The van der Waals surface area contributed by atoms with Gasteiger partial charge in [0, 0.05) is 12.8 Å². The normalized spacial score (nSPS) is 13.5. The quantitative estimate of drug-likeness (QED) is 0.0197. The highest BCUT2D eigenvalue weighted by molar-refractivity contribution is 5.70. The molecule has 2 unspecified atom stereocenters. The maximum atomic E-state index is 12.7. The molecule has 0 saturated carbocycles. The Balaban J connectivity index is 4.16. The van der Waals surface area contributed by atoms with Crippen LogP contribution in [0.4, 0.5) is 0 Å². The van der Waals surface area contributed by atoms with Crippen molar-refractivity contribution in [3.8, 4) is 0 Å². The number of aliphatic carboxylic acids is 1. The largest absolute Gasteiger partial charge is 0.545 e. The van der Waals surface area contributed by atoms with Gasteiger partial charge in [-0.2, -0.15) is 0 Å². The number of likely N-dealkylation sites (N-methyl/N-ethyl adjacent to an activating group) is 1. The van der Waals surface area contributed by atoms with Crippen molar-refractivity contribution in [2.45, 2.75) is 187 Å². The summed E-state index contributed by atoms with van der Waals surface area (Å²) in [5.74, 6) is -2.30. The van der Waals surface area contributed by atoms with Gasteiger partial charge in [0.05, 0.1) is 40.3 Å². The highest BCUT2D eigenvalue weighted by Gasteiger charge is 2.21. The predicted octanol–water partition coefficient (Wildman–Crippen LogP) is 10.8. The van der Waals surface area contributed by atoms with Crippen LogP contribution in [0.3, 0.4) is 0 Å². The van der Waals surface area contributed by atoms with Gasteiger partial charge in [-0.1, -0.05) is 164 Å². The van der Waals surface area contributed by atoms with E-state index in [0.29, 0.717) is 17.4 Å². The van der Waals surface area contributed by atoms with Crippen LogP contribution in [0.25, 0.3) is 0 Å². The number of nitrogens with zero attached hydrogens (tertiary/aromatic N) is 1. The molecule has 9 heteroatoms. The number of rotatable bonds is 41. The Labute approximate surface area is 355 Å². The van der Waals surface area contributed by atoms with Gasteiger partial charge in [-0.05, 0) is 57.8 Å². The molecule has 2 atom stereocenters. The highest BCUT2D eigenvalue weighted by atomic mass is 16.7. The molecule has 0 aromatic carbocycles. The van der Waals surface area contributed by atoms with Crippen molar-refractivity contribution >= 4 is 17.9 Å². The van der Waals surface area contributed by atoms with Crippen molar-refractivity contribution in [3.63, 3.8) is 0 Å². The molecule has 0 N–H and O–H groups in total. The third-order valence-electron chi connectivity index (χ3n) is 9.53. The number of unbranched alkanes of at least 4 members (excludes halogenated alkanes) is 16. The molecule has 0 saturated heterocycles. The van der Waals surface area contributed by atoms with E-state index in [4.69, 9.17) is 18.9 Å². The number of allylic oxidation sites excluding steroid dienone is 10. The number of quaternary nitrogens is 1. The minimum absolute atomic E-state index is 0.146. The second-order valence-corrected chi connectivity index (χ2v) is 16.3. The van der Waals surface area contributed by atoms with E-state index >= 15 is 0 Å². The summed E-state index contributed by atoms with van der Waals surface area (Å²) in [6.45, 7) is 4.54. The van der Waals surface area contributed by atoms with Gasteiger partial charge in [0.1, 0.15) is 13.2 Å². The second kappa shape index (κ2) is 40.8. The number of carboxylic acids is 1. The standard InChI is InChI=1S/C49H85NO8/c1-6-8-10-12-14-15-16-17-18-19-20-21-22-23-24-25-26-27-28-29-30-31-32-33-34-36-38-40-47(52)58-45(43-56-46(51)39-37-35-13-11-9-7-2)44-57-49(48(53)54)55-42-41-50(3,4)5/h8,10,14-15,17-18,20-21,23-24,45,49H,6-7,9,11-13,16,19,22,25-44H2,1-5H3/b10-8-,15-14-,18-17-,21-20-,24-23-. The summed E-state index contributed by atoms with van der Waals surface area (Å²) in [7, 11) is 5.89. The van der Waals surface area contributed by atoms with E-state index in [1.165, 1.54) is 57.8 Å². The van der Waals surface area contributed by atoms with Gasteiger partial charge in [-0.15, -0.1) is 0 Å². The Morgan fingerprint density at radius 3 is 1.47 bits per heavy atom. The zero-order valence-corrected chi connectivity index (χ0v) is 37.6. The second-order valence-electron chi connectivity index (χ2n) is 16.3. The maximum absolute atomic E-state index is 12.7. The molecule has 0 spiro atoms. The maximum Gasteiger partial charge on any atom is 0.306 e. The topological polar surface area (TPSA) is 111 Å². The van der Waals surface area contributed by atoms with Crippen molar-refractivity contribution in [1.29, 1.82) is 0 Å². The van der Waals surface area contributed by atoms with E-state index in [1.54, 1.807) is 0 Å². The van der Waals surface area contributed by atoms with E-state index in [-0.39, 0.29) is 38.6 Å². The van der Waals surface area contributed by atoms with Gasteiger partial charge in [-0.25, -0.2) is 0 Å². The lowest BCUT2D eigenvalue weighted by Gasteiger charge is -2.26. The number of hydrogen-bond donors (Lipinski definition) is 0. The third-order valence-corrected chi connectivity index (χ3v) is 9.53. The molecule has 0 rings (SSSR count). The number of carbonyl (C=O) groups excluding carboxylic acids is 3. The highest BCUT2D eigenvalue weighted by Crippen LogP contribution is 2.14. The molecule has 0 bridgehead atoms. The zero-order valence-electron chi connectivity index (χ0n) is 37.6. The van der Waals surface area contributed by atoms with E-state index in [0.717, 1.165) is 83.5 Å². The van der Waals surface area contributed by atoms with Gasteiger partial charge in [0.2, 0.25) is 0 Å². The first kappa shape index (κ1) is 55.0. The Bertz CT molecular complexity index is 1140. The predicted molar refractivity (Wildman–Crippen MR) is 237 cm³/mol. The van der Waals surface area contributed by atoms with Crippen LogP contribution in [-0.2, 0) is 33.3 Å². The molecular formula is C49H85NO8. The van der Waals surface area contributed by atoms with Crippen LogP contribution in [0.15, 0.2) is 60.8 Å². The fourth-order valence-corrected chi connectivity index (χ4v) is 5.97. The lowest BCUT2D eigenvalue weighted by Crippen LogP contribution is -2.44. The Morgan fingerprint density at radius 2 is 0.983 bits per heavy atom. The van der Waals surface area contributed by atoms with Crippen LogP contribution in [0, 0.1) is 0 Å². The average Bonchev–Trinajstić information content (AvgIpc) is 3.18. The number of carboxylic acid groups (broad SMARTS) is 1. The number of carbonyl (C=O) groups is 3. The molecule has 0 fully saturated rings. The van der Waals surface area contributed by atoms with Gasteiger partial charge in [0.25, 0.3) is 0 Å². The van der Waals surface area contributed by atoms with E-state index in [9.17, 15) is 19.5 Å². The molecule has 58 heavy (non-hydrogen) atoms. The number of esters is 2. The molecule has 0 aliphatic rings. The monoisotopic (exact) mass is 816 g/mol. The van der Waals surface area contributed by atoms with Gasteiger partial charge in [0.15, 0.2) is 12.4 Å². The summed E-state index contributed by atoms with van der Waals surface area (Å²) in [6.07, 6.45) is 45.8. The summed E-state index contributed by atoms with van der Waals surface area (Å²) < 4.78 is 22.4. The Morgan fingerprint density at radius 1 is 0.534 bits per heavy atom. The molecule has 0 aromatic rings. The molecule has 334 valence electrons. The van der Waals surface area contributed by atoms with Gasteiger partial charge >= 0.3 is 11.9 Å². The van der Waals surface area contributed by atoms with Crippen molar-refractivity contribution in [2.75, 3.05) is 47.5 Å². The van der Waals surface area contributed by atoms with Crippen molar-refractivity contribution in [1.82, 2.24) is 0 Å². The molecular weight excluding hydrogens is 731 g/mol. The first-order valence-corrected chi connectivity index (χ1v) is 22.9. The minimum Gasteiger partial charge on any atom is -0.545 e. The summed E-state index contributed by atoms with van der Waals surface area (Å²) in [6, 6.07) is 0. The molecule has 0 amide bonds. The molecule has 0 aliphatic carbocycles. The van der Waals surface area contributed by atoms with Crippen LogP contribution in [0.5, 0.6) is 0 Å². The first-order valence-electron chi connectivity index (χ1n) is 22.9. The first-order chi connectivity index (χ1) is 28.1. The van der Waals surface area contributed by atoms with Crippen molar-refractivity contribution in [3.05, 3.63) is 60.8 Å². The zero-order chi connectivity index (χ0) is 42.8. The SMILES string of the molecule is CC/C=C\C/C=C\C/C=C\C/C=C\C/C=C\CCCCCCCCCCCCCC(=O)OC(COC(=O)CCCCCCCC)COC(OCC[N+](C)(C)C)C(=O)[O-]. The van der Waals surface area contributed by atoms with E-state index in [2.05, 4.69) is 74.6 Å². The van der Waals surface area contributed by atoms with Crippen molar-refractivity contribution < 1.29 is 42.9 Å². The van der Waals surface area contributed by atoms with Gasteiger partial charge in [-0.3, -0.25) is 9.59 Å². The Hall–Kier alpha value is -3.01. The fourth-order valence-electron chi connectivity index (χ4n) is 5.97. The van der Waals surface area contributed by atoms with Crippen LogP contribution in [0.2, 0.25) is 0 Å². The fraction of sp³-hybridized carbons (Fsp3) is 0.735. The average molecular weight is 816 g/mol. The summed E-state index contributed by atoms with van der Waals surface area (Å²) in [4.78, 5) is 36.7. The summed E-state index contributed by atoms with van der Waals surface area (Å²) in [5, 5.41) is 11.6. The van der Waals surface area contributed by atoms with Crippen LogP contribution in [-0.4, -0.2) is 82.3 Å². The number of hydrogen-bond acceptors (Lipinski definition) is 8. The van der Waals surface area contributed by atoms with Crippen molar-refractivity contribution in [2.24, 2.45) is 0 Å². The van der Waals surface area contributed by atoms with Crippen LogP contribution >= 0.6 is 0 Å². The summed E-state index contributed by atoms with van der Waals surface area (Å²) in [5.41, 5.74) is 0. The molecule has 0 radical (unpaired) electrons. The number of ether oxygens (including phenoxy) is 4. The lowest BCUT2D eigenvalue weighted by molar-refractivity contribution is -0.870. The lowest BCUT2D eigenvalue weighted by atomic mass is 10.0. The molecule has 0 aliphatic heterocycles. The van der Waals surface area contributed by atoms with Crippen LogP contribution in [0.1, 0.15) is 174 Å². The molecule has 0 aromatic heterocycles. The third kappa shape index (κ3) is 41.2. The smallest absolute Gasteiger partial charge is 0.306 e. The summed E-state index contributed by atoms with van der Waals surface area (Å²) >= 11 is 0. The Kier molecular flexibility index (Phi) is 38.6. The van der Waals surface area contributed by atoms with Gasteiger partial charge < -0.3 is 33.3 Å².